The highest BCUT2D eigenvalue weighted by Gasteiger charge is 2.43. The summed E-state index contributed by atoms with van der Waals surface area (Å²) in [6.45, 7) is 5.56. The summed E-state index contributed by atoms with van der Waals surface area (Å²) in [7, 11) is 0. The molecule has 0 fully saturated rings. The fraction of sp³-hybridized carbons (Fsp3) is 0.846. The monoisotopic (exact) mass is 502 g/mol. The third-order valence-corrected chi connectivity index (χ3v) is 5.40. The number of aliphatic hydroxyl groups is 1. The first-order valence-corrected chi connectivity index (χ1v) is 13.2. The van der Waals surface area contributed by atoms with Crippen molar-refractivity contribution in [3.63, 3.8) is 0 Å². The van der Waals surface area contributed by atoms with Gasteiger partial charge in [0, 0.05) is 0 Å². The molecule has 0 amide bonds. The lowest BCUT2D eigenvalue weighted by atomic mass is 9.95. The van der Waals surface area contributed by atoms with E-state index in [2.05, 4.69) is 18.6 Å². The third kappa shape index (κ3) is 17.9. The van der Waals surface area contributed by atoms with Gasteiger partial charge in [-0.25, -0.2) is 9.59 Å². The lowest BCUT2D eigenvalue weighted by molar-refractivity contribution is -0.179. The summed E-state index contributed by atoms with van der Waals surface area (Å²) in [6.07, 6.45) is 10.4. The molecule has 0 aromatic carbocycles. The highest BCUT2D eigenvalue weighted by atomic mass is 16.6. The highest BCUT2D eigenvalue weighted by molar-refractivity contribution is 5.90. The van der Waals surface area contributed by atoms with Gasteiger partial charge in [0.05, 0.1) is 32.7 Å². The van der Waals surface area contributed by atoms with E-state index < -0.39 is 48.9 Å². The van der Waals surface area contributed by atoms with E-state index in [1.165, 1.54) is 6.42 Å². The maximum absolute atomic E-state index is 12.6. The number of hydrogen-bond donors (Lipinski definition) is 1. The molecule has 0 aliphatic heterocycles. The molecule has 1 N–H and O–H groups in total. The Morgan fingerprint density at radius 3 is 1.54 bits per heavy atom. The first-order chi connectivity index (χ1) is 16.8. The van der Waals surface area contributed by atoms with Crippen LogP contribution in [0, 0.1) is 0 Å². The van der Waals surface area contributed by atoms with Crippen LogP contribution in [-0.4, -0.2) is 61.0 Å². The Bertz CT molecular complexity index is 606. The van der Waals surface area contributed by atoms with Crippen LogP contribution in [0.4, 0.5) is 0 Å². The number of unbranched alkanes of at least 4 members (excludes halogenated alkanes) is 10. The molecule has 204 valence electrons. The van der Waals surface area contributed by atoms with E-state index in [0.29, 0.717) is 12.8 Å². The van der Waals surface area contributed by atoms with Crippen molar-refractivity contribution >= 4 is 23.9 Å². The number of carbonyl (C=O) groups excluding carboxylic acids is 4. The average molecular weight is 503 g/mol. The van der Waals surface area contributed by atoms with Gasteiger partial charge in [-0.05, 0) is 19.8 Å². The molecule has 35 heavy (non-hydrogen) atoms. The van der Waals surface area contributed by atoms with Crippen molar-refractivity contribution in [2.24, 2.45) is 0 Å². The molecule has 0 radical (unpaired) electrons. The molecule has 1 atom stereocenters. The van der Waals surface area contributed by atoms with Crippen LogP contribution in [0.2, 0.25) is 0 Å². The fourth-order valence-electron chi connectivity index (χ4n) is 3.38. The molecule has 0 rings (SSSR count). The standard InChI is InChI=1S/C26H46O9/c1-4-7-9-11-13-15-17-33-22(27)19-26(31,20-23(28)35-21-24(29)32-6-3)25(30)34-18-16-14-12-10-8-5-2/h31H,4-21H2,1-3H3. The van der Waals surface area contributed by atoms with Gasteiger partial charge in [-0.15, -0.1) is 0 Å². The molecule has 0 heterocycles. The molecule has 0 bridgehead atoms. The smallest absolute Gasteiger partial charge is 0.344 e. The van der Waals surface area contributed by atoms with Crippen molar-refractivity contribution in [3.05, 3.63) is 0 Å². The predicted molar refractivity (Wildman–Crippen MR) is 130 cm³/mol. The van der Waals surface area contributed by atoms with Gasteiger partial charge >= 0.3 is 23.9 Å². The Morgan fingerprint density at radius 2 is 1.03 bits per heavy atom. The first-order valence-electron chi connectivity index (χ1n) is 13.2. The van der Waals surface area contributed by atoms with Crippen LogP contribution >= 0.6 is 0 Å². The molecule has 0 aliphatic carbocycles. The van der Waals surface area contributed by atoms with Gasteiger partial charge in [0.1, 0.15) is 0 Å². The second kappa shape index (κ2) is 21.1. The molecule has 9 heteroatoms. The zero-order valence-corrected chi connectivity index (χ0v) is 21.9. The summed E-state index contributed by atoms with van der Waals surface area (Å²) >= 11 is 0. The summed E-state index contributed by atoms with van der Waals surface area (Å²) in [5, 5.41) is 10.9. The van der Waals surface area contributed by atoms with Crippen molar-refractivity contribution < 1.29 is 43.2 Å². The van der Waals surface area contributed by atoms with Gasteiger partial charge < -0.3 is 24.1 Å². The van der Waals surface area contributed by atoms with Crippen LogP contribution in [0.5, 0.6) is 0 Å². The second-order valence-corrected chi connectivity index (χ2v) is 8.74. The molecule has 0 aromatic heterocycles. The van der Waals surface area contributed by atoms with Crippen molar-refractivity contribution in [1.82, 2.24) is 0 Å². The Hall–Kier alpha value is -2.16. The molecular formula is C26H46O9. The van der Waals surface area contributed by atoms with E-state index in [-0.39, 0.29) is 19.8 Å². The van der Waals surface area contributed by atoms with Crippen molar-refractivity contribution in [3.8, 4) is 0 Å². The van der Waals surface area contributed by atoms with Crippen LogP contribution in [0.3, 0.4) is 0 Å². The van der Waals surface area contributed by atoms with E-state index in [9.17, 15) is 24.3 Å². The number of hydrogen-bond acceptors (Lipinski definition) is 9. The van der Waals surface area contributed by atoms with Gasteiger partial charge in [-0.3, -0.25) is 9.59 Å². The third-order valence-electron chi connectivity index (χ3n) is 5.40. The number of ether oxygens (including phenoxy) is 4. The molecule has 1 unspecified atom stereocenters. The van der Waals surface area contributed by atoms with Crippen LogP contribution in [0.15, 0.2) is 0 Å². The molecule has 0 saturated heterocycles. The quantitative estimate of drug-likeness (QED) is 0.130. The molecule has 0 aliphatic rings. The van der Waals surface area contributed by atoms with Crippen LogP contribution in [0.25, 0.3) is 0 Å². The minimum Gasteiger partial charge on any atom is -0.466 e. The van der Waals surface area contributed by atoms with Crippen LogP contribution < -0.4 is 0 Å². The molecular weight excluding hydrogens is 456 g/mol. The van der Waals surface area contributed by atoms with Gasteiger partial charge in [-0.1, -0.05) is 78.1 Å². The summed E-state index contributed by atoms with van der Waals surface area (Å²) in [5.41, 5.74) is -2.44. The van der Waals surface area contributed by atoms with Crippen LogP contribution in [-0.2, 0) is 38.1 Å². The predicted octanol–water partition coefficient (Wildman–Crippen LogP) is 4.41. The maximum atomic E-state index is 12.6. The number of carbonyl (C=O) groups is 4. The Kier molecular flexibility index (Phi) is 19.8. The fourth-order valence-corrected chi connectivity index (χ4v) is 3.38. The zero-order valence-electron chi connectivity index (χ0n) is 21.9. The lowest BCUT2D eigenvalue weighted by Crippen LogP contribution is -2.45. The Balaban J connectivity index is 4.75. The number of rotatable bonds is 22. The van der Waals surface area contributed by atoms with Gasteiger partial charge in [0.2, 0.25) is 0 Å². The van der Waals surface area contributed by atoms with E-state index in [0.717, 1.165) is 57.8 Å². The summed E-state index contributed by atoms with van der Waals surface area (Å²) in [4.78, 5) is 48.5. The van der Waals surface area contributed by atoms with Crippen molar-refractivity contribution in [2.45, 2.75) is 116 Å². The first kappa shape index (κ1) is 32.8. The van der Waals surface area contributed by atoms with Crippen molar-refractivity contribution in [1.29, 1.82) is 0 Å². The molecule has 0 spiro atoms. The molecule has 9 nitrogen and oxygen atoms in total. The Morgan fingerprint density at radius 1 is 0.571 bits per heavy atom. The van der Waals surface area contributed by atoms with Gasteiger partial charge in [-0.2, -0.15) is 0 Å². The zero-order chi connectivity index (χ0) is 26.4. The topological polar surface area (TPSA) is 125 Å². The minimum atomic E-state index is -2.44. The highest BCUT2D eigenvalue weighted by Crippen LogP contribution is 2.20. The van der Waals surface area contributed by atoms with Gasteiger partial charge in [0.25, 0.3) is 0 Å². The summed E-state index contributed by atoms with van der Waals surface area (Å²) < 4.78 is 19.8. The SMILES string of the molecule is CCCCCCCCOC(=O)CC(O)(CC(=O)OCC(=O)OCC)C(=O)OCCCCCCCC. The van der Waals surface area contributed by atoms with E-state index in [1.807, 2.05) is 0 Å². The maximum Gasteiger partial charge on any atom is 0.344 e. The van der Waals surface area contributed by atoms with Crippen molar-refractivity contribution in [2.75, 3.05) is 26.4 Å². The van der Waals surface area contributed by atoms with Gasteiger partial charge in [0.15, 0.2) is 12.2 Å². The second-order valence-electron chi connectivity index (χ2n) is 8.74. The summed E-state index contributed by atoms with van der Waals surface area (Å²) in [5.74, 6) is -3.68. The summed E-state index contributed by atoms with van der Waals surface area (Å²) in [6, 6.07) is 0. The number of esters is 4. The largest absolute Gasteiger partial charge is 0.466 e. The van der Waals surface area contributed by atoms with Crippen LogP contribution in [0.1, 0.15) is 111 Å². The normalized spacial score (nSPS) is 12.5. The lowest BCUT2D eigenvalue weighted by Gasteiger charge is -2.24. The average Bonchev–Trinajstić information content (AvgIpc) is 2.81. The molecule has 0 aromatic rings. The van der Waals surface area contributed by atoms with E-state index in [4.69, 9.17) is 14.2 Å². The Labute approximate surface area is 210 Å². The van der Waals surface area contributed by atoms with E-state index >= 15 is 0 Å². The van der Waals surface area contributed by atoms with E-state index in [1.54, 1.807) is 6.92 Å². The minimum absolute atomic E-state index is 0.0674. The molecule has 0 saturated carbocycles.